The molecule has 0 aliphatic rings. The van der Waals surface area contributed by atoms with Crippen LogP contribution in [0.2, 0.25) is 0 Å². The van der Waals surface area contributed by atoms with E-state index in [9.17, 15) is 9.59 Å². The van der Waals surface area contributed by atoms with Crippen LogP contribution in [0.3, 0.4) is 0 Å². The molecule has 0 rings (SSSR count). The molecule has 0 saturated carbocycles. The number of carbonyl (C=O) groups is 2. The van der Waals surface area contributed by atoms with Gasteiger partial charge in [0, 0.05) is 5.57 Å². The van der Waals surface area contributed by atoms with Crippen molar-refractivity contribution >= 4 is 11.9 Å². The number of hydrogen-bond acceptors (Lipinski definition) is 4. The van der Waals surface area contributed by atoms with Crippen molar-refractivity contribution < 1.29 is 19.1 Å². The van der Waals surface area contributed by atoms with Gasteiger partial charge in [0.2, 0.25) is 0 Å². The number of ether oxygens (including phenoxy) is 2. The fraction of sp³-hybridized carbons (Fsp3) is 0.667. The van der Waals surface area contributed by atoms with Gasteiger partial charge in [-0.05, 0) is 26.7 Å². The smallest absolute Gasteiger partial charge is 0.333 e. The molecule has 92 valence electrons. The van der Waals surface area contributed by atoms with E-state index in [-0.39, 0.29) is 24.3 Å². The fourth-order valence-electron chi connectivity index (χ4n) is 1.40. The van der Waals surface area contributed by atoms with Gasteiger partial charge in [0.05, 0.1) is 19.6 Å². The summed E-state index contributed by atoms with van der Waals surface area (Å²) in [4.78, 5) is 22.8. The summed E-state index contributed by atoms with van der Waals surface area (Å²) in [5.41, 5.74) is 0.523. The Labute approximate surface area is 96.6 Å². The molecule has 16 heavy (non-hydrogen) atoms. The molecule has 4 heteroatoms. The third-order valence-corrected chi connectivity index (χ3v) is 2.13. The van der Waals surface area contributed by atoms with Crippen LogP contribution < -0.4 is 0 Å². The normalized spacial score (nSPS) is 13.1. The minimum absolute atomic E-state index is 0.178. The molecule has 0 spiro atoms. The van der Waals surface area contributed by atoms with E-state index in [0.717, 1.165) is 0 Å². The van der Waals surface area contributed by atoms with Gasteiger partial charge in [-0.3, -0.25) is 4.79 Å². The van der Waals surface area contributed by atoms with Crippen LogP contribution in [-0.2, 0) is 19.1 Å². The van der Waals surface area contributed by atoms with Crippen molar-refractivity contribution in [3.63, 3.8) is 0 Å². The lowest BCUT2D eigenvalue weighted by molar-refractivity contribution is -0.144. The number of esters is 2. The first-order valence-corrected chi connectivity index (χ1v) is 5.55. The second-order valence-electron chi connectivity index (χ2n) is 3.37. The van der Waals surface area contributed by atoms with E-state index in [1.165, 1.54) is 0 Å². The third kappa shape index (κ3) is 4.96. The molecule has 0 radical (unpaired) electrons. The Morgan fingerprint density at radius 2 is 1.75 bits per heavy atom. The summed E-state index contributed by atoms with van der Waals surface area (Å²) < 4.78 is 9.73. The van der Waals surface area contributed by atoms with E-state index in [1.807, 2.05) is 6.92 Å². The van der Waals surface area contributed by atoms with Gasteiger partial charge in [-0.1, -0.05) is 13.0 Å². The lowest BCUT2D eigenvalue weighted by Gasteiger charge is -2.13. The zero-order valence-corrected chi connectivity index (χ0v) is 10.4. The molecule has 0 bridgehead atoms. The Balaban J connectivity index is 4.38. The Bertz CT molecular complexity index is 268. The molecule has 0 heterocycles. The summed E-state index contributed by atoms with van der Waals surface area (Å²) in [5, 5.41) is 0. The Kier molecular flexibility index (Phi) is 7.25. The highest BCUT2D eigenvalue weighted by atomic mass is 16.5. The van der Waals surface area contributed by atoms with Gasteiger partial charge in [-0.2, -0.15) is 0 Å². The van der Waals surface area contributed by atoms with E-state index < -0.39 is 0 Å². The highest BCUT2D eigenvalue weighted by Gasteiger charge is 2.20. The molecular formula is C12H20O4. The van der Waals surface area contributed by atoms with Crippen molar-refractivity contribution in [3.8, 4) is 0 Å². The number of rotatable bonds is 6. The minimum Gasteiger partial charge on any atom is -0.466 e. The van der Waals surface area contributed by atoms with E-state index in [4.69, 9.17) is 9.47 Å². The third-order valence-electron chi connectivity index (χ3n) is 2.13. The first-order chi connectivity index (χ1) is 7.56. The molecule has 0 N–H and O–H groups in total. The largest absolute Gasteiger partial charge is 0.466 e. The number of carbonyl (C=O) groups excluding carboxylic acids is 2. The van der Waals surface area contributed by atoms with Crippen molar-refractivity contribution in [2.24, 2.45) is 5.92 Å². The SMILES string of the molecule is C/C=C(/C(=O)OCC)C(C)CC(=O)OCC. The quantitative estimate of drug-likeness (QED) is 0.516. The molecule has 0 amide bonds. The average molecular weight is 228 g/mol. The lowest BCUT2D eigenvalue weighted by Crippen LogP contribution is -2.18. The summed E-state index contributed by atoms with van der Waals surface area (Å²) in [6, 6.07) is 0. The topological polar surface area (TPSA) is 52.6 Å². The van der Waals surface area contributed by atoms with Gasteiger partial charge < -0.3 is 9.47 Å². The van der Waals surface area contributed by atoms with Crippen molar-refractivity contribution in [1.29, 1.82) is 0 Å². The Morgan fingerprint density at radius 1 is 1.19 bits per heavy atom. The summed E-state index contributed by atoms with van der Waals surface area (Å²) in [6.45, 7) is 7.77. The minimum atomic E-state index is -0.359. The van der Waals surface area contributed by atoms with Gasteiger partial charge in [0.25, 0.3) is 0 Å². The highest BCUT2D eigenvalue weighted by Crippen LogP contribution is 2.17. The molecule has 0 aliphatic heterocycles. The van der Waals surface area contributed by atoms with Crippen LogP contribution >= 0.6 is 0 Å². The number of hydrogen-bond donors (Lipinski definition) is 0. The van der Waals surface area contributed by atoms with Crippen LogP contribution in [0.25, 0.3) is 0 Å². The van der Waals surface area contributed by atoms with Crippen molar-refractivity contribution in [2.45, 2.75) is 34.1 Å². The van der Waals surface area contributed by atoms with Crippen molar-refractivity contribution in [3.05, 3.63) is 11.6 Å². The van der Waals surface area contributed by atoms with Crippen molar-refractivity contribution in [1.82, 2.24) is 0 Å². The van der Waals surface area contributed by atoms with Crippen LogP contribution in [0, 0.1) is 5.92 Å². The second-order valence-corrected chi connectivity index (χ2v) is 3.37. The molecule has 0 fully saturated rings. The Morgan fingerprint density at radius 3 is 2.19 bits per heavy atom. The molecule has 0 aromatic rings. The maximum absolute atomic E-state index is 11.5. The standard InChI is InChI=1S/C12H20O4/c1-5-10(12(14)16-7-3)9(4)8-11(13)15-6-2/h5,9H,6-8H2,1-4H3/b10-5+. The highest BCUT2D eigenvalue weighted by molar-refractivity contribution is 5.89. The van der Waals surface area contributed by atoms with Gasteiger partial charge in [0.1, 0.15) is 0 Å². The predicted molar refractivity (Wildman–Crippen MR) is 60.8 cm³/mol. The predicted octanol–water partition coefficient (Wildman–Crippen LogP) is 2.09. The monoisotopic (exact) mass is 228 g/mol. The molecule has 0 aliphatic carbocycles. The zero-order valence-electron chi connectivity index (χ0n) is 10.4. The summed E-state index contributed by atoms with van der Waals surface area (Å²) in [7, 11) is 0. The maximum atomic E-state index is 11.5. The van der Waals surface area contributed by atoms with Gasteiger partial charge in [0.15, 0.2) is 0 Å². The summed E-state index contributed by atoms with van der Waals surface area (Å²) in [6.07, 6.45) is 1.88. The van der Waals surface area contributed by atoms with Crippen LogP contribution in [-0.4, -0.2) is 25.2 Å². The van der Waals surface area contributed by atoms with E-state index in [0.29, 0.717) is 18.8 Å². The molecular weight excluding hydrogens is 208 g/mol. The Hall–Kier alpha value is -1.32. The van der Waals surface area contributed by atoms with Crippen LogP contribution in [0.5, 0.6) is 0 Å². The molecule has 0 saturated heterocycles. The number of allylic oxidation sites excluding steroid dienone is 1. The van der Waals surface area contributed by atoms with Crippen LogP contribution in [0.15, 0.2) is 11.6 Å². The van der Waals surface area contributed by atoms with Gasteiger partial charge in [-0.25, -0.2) is 4.79 Å². The first-order valence-electron chi connectivity index (χ1n) is 5.55. The molecule has 4 nitrogen and oxygen atoms in total. The summed E-state index contributed by atoms with van der Waals surface area (Å²) in [5.74, 6) is -0.830. The van der Waals surface area contributed by atoms with Gasteiger partial charge in [-0.15, -0.1) is 0 Å². The van der Waals surface area contributed by atoms with Crippen LogP contribution in [0.4, 0.5) is 0 Å². The first kappa shape index (κ1) is 14.7. The maximum Gasteiger partial charge on any atom is 0.333 e. The molecule has 0 aromatic carbocycles. The van der Waals surface area contributed by atoms with E-state index in [2.05, 4.69) is 0 Å². The molecule has 1 unspecified atom stereocenters. The van der Waals surface area contributed by atoms with Crippen LogP contribution in [0.1, 0.15) is 34.1 Å². The summed E-state index contributed by atoms with van der Waals surface area (Å²) >= 11 is 0. The molecule has 0 aromatic heterocycles. The average Bonchev–Trinajstić information content (AvgIpc) is 2.19. The second kappa shape index (κ2) is 7.91. The molecule has 1 atom stereocenters. The lowest BCUT2D eigenvalue weighted by atomic mass is 9.97. The van der Waals surface area contributed by atoms with E-state index >= 15 is 0 Å². The fourth-order valence-corrected chi connectivity index (χ4v) is 1.40. The zero-order chi connectivity index (χ0) is 12.6. The van der Waals surface area contributed by atoms with Crippen molar-refractivity contribution in [2.75, 3.05) is 13.2 Å². The van der Waals surface area contributed by atoms with Gasteiger partial charge >= 0.3 is 11.9 Å². The van der Waals surface area contributed by atoms with E-state index in [1.54, 1.807) is 26.8 Å².